The molecule has 0 amide bonds. The van der Waals surface area contributed by atoms with Gasteiger partial charge in [0.1, 0.15) is 5.75 Å². The third-order valence-electron chi connectivity index (χ3n) is 4.21. The number of aliphatic imine (C=N–C) groups is 1. The van der Waals surface area contributed by atoms with E-state index in [2.05, 4.69) is 46.1 Å². The smallest absolute Gasteiger partial charge is 0.193 e. The average Bonchev–Trinajstić information content (AvgIpc) is 2.65. The Labute approximate surface area is 175 Å². The zero-order chi connectivity index (χ0) is 18.1. The minimum Gasteiger partial charge on any atom is -0.497 e. The zero-order valence-electron chi connectivity index (χ0n) is 16.4. The Morgan fingerprint density at radius 2 is 1.81 bits per heavy atom. The molecule has 0 aromatic heterocycles. The van der Waals surface area contributed by atoms with E-state index >= 15 is 0 Å². The molecule has 0 atom stereocenters. The summed E-state index contributed by atoms with van der Waals surface area (Å²) in [4.78, 5) is 9.11. The highest BCUT2D eigenvalue weighted by atomic mass is 127. The molecule has 0 saturated carbocycles. The van der Waals surface area contributed by atoms with E-state index in [4.69, 9.17) is 9.47 Å². The van der Waals surface area contributed by atoms with Crippen LogP contribution in [0.25, 0.3) is 0 Å². The Kier molecular flexibility index (Phi) is 10.7. The number of nitrogens with zero attached hydrogens (tertiary/aromatic N) is 3. The van der Waals surface area contributed by atoms with Crippen LogP contribution in [0.5, 0.6) is 5.75 Å². The molecule has 1 fully saturated rings. The van der Waals surface area contributed by atoms with Crippen molar-refractivity contribution in [3.05, 3.63) is 24.3 Å². The molecule has 1 saturated heterocycles. The first-order chi connectivity index (χ1) is 12.1. The molecule has 1 heterocycles. The zero-order valence-corrected chi connectivity index (χ0v) is 18.7. The van der Waals surface area contributed by atoms with Gasteiger partial charge in [-0.25, -0.2) is 0 Å². The van der Waals surface area contributed by atoms with Crippen LogP contribution in [0.4, 0.5) is 5.69 Å². The highest BCUT2D eigenvalue weighted by Gasteiger charge is 2.19. The van der Waals surface area contributed by atoms with Crippen LogP contribution in [-0.2, 0) is 4.74 Å². The third kappa shape index (κ3) is 7.19. The van der Waals surface area contributed by atoms with Crippen molar-refractivity contribution in [1.82, 2.24) is 10.2 Å². The molecule has 1 aromatic carbocycles. The lowest BCUT2D eigenvalue weighted by Crippen LogP contribution is -2.53. The normalized spacial score (nSPS) is 15.0. The van der Waals surface area contributed by atoms with Gasteiger partial charge in [0.2, 0.25) is 0 Å². The second-order valence-electron chi connectivity index (χ2n) is 6.61. The largest absolute Gasteiger partial charge is 0.497 e. The maximum Gasteiger partial charge on any atom is 0.193 e. The van der Waals surface area contributed by atoms with Gasteiger partial charge in [-0.15, -0.1) is 24.0 Å². The van der Waals surface area contributed by atoms with E-state index in [1.54, 1.807) is 7.11 Å². The maximum atomic E-state index is 5.62. The summed E-state index contributed by atoms with van der Waals surface area (Å²) in [5, 5.41) is 3.40. The number of hydrogen-bond acceptors (Lipinski definition) is 4. The molecular weight excluding hydrogens is 443 g/mol. The standard InChI is InChI=1S/C19H32N4O2.HI/c1-16(2)15-25-14-9-21-19(20-3)23-12-10-22(11-13-23)17-5-7-18(24-4)8-6-17;/h5-8,16H,9-15H2,1-4H3,(H,20,21);1H. The summed E-state index contributed by atoms with van der Waals surface area (Å²) in [5.74, 6) is 2.43. The third-order valence-corrected chi connectivity index (χ3v) is 4.21. The maximum absolute atomic E-state index is 5.62. The number of methoxy groups -OCH3 is 1. The van der Waals surface area contributed by atoms with Crippen molar-refractivity contribution in [2.24, 2.45) is 10.9 Å². The van der Waals surface area contributed by atoms with Crippen molar-refractivity contribution in [2.75, 3.05) is 65.0 Å². The van der Waals surface area contributed by atoms with Gasteiger partial charge in [0.05, 0.1) is 13.7 Å². The monoisotopic (exact) mass is 476 g/mol. The summed E-state index contributed by atoms with van der Waals surface area (Å²) < 4.78 is 10.8. The molecule has 0 unspecified atom stereocenters. The first-order valence-electron chi connectivity index (χ1n) is 9.06. The second kappa shape index (κ2) is 12.2. The first-order valence-corrected chi connectivity index (χ1v) is 9.06. The molecule has 0 radical (unpaired) electrons. The molecular formula is C19H33IN4O2. The van der Waals surface area contributed by atoms with Crippen LogP contribution < -0.4 is 15.0 Å². The van der Waals surface area contributed by atoms with Crippen molar-refractivity contribution >= 4 is 35.6 Å². The quantitative estimate of drug-likeness (QED) is 0.284. The van der Waals surface area contributed by atoms with Gasteiger partial charge in [0, 0.05) is 52.1 Å². The lowest BCUT2D eigenvalue weighted by atomic mass is 10.2. The van der Waals surface area contributed by atoms with Gasteiger partial charge in [0.25, 0.3) is 0 Å². The summed E-state index contributed by atoms with van der Waals surface area (Å²) in [5.41, 5.74) is 1.24. The van der Waals surface area contributed by atoms with Crippen LogP contribution in [0.1, 0.15) is 13.8 Å². The van der Waals surface area contributed by atoms with Crippen molar-refractivity contribution in [2.45, 2.75) is 13.8 Å². The molecule has 0 spiro atoms. The first kappa shape index (κ1) is 22.8. The van der Waals surface area contributed by atoms with Crippen LogP contribution in [0, 0.1) is 5.92 Å². The summed E-state index contributed by atoms with van der Waals surface area (Å²) in [6.45, 7) is 10.5. The van der Waals surface area contributed by atoms with Crippen molar-refractivity contribution in [3.8, 4) is 5.75 Å². The van der Waals surface area contributed by atoms with E-state index in [9.17, 15) is 0 Å². The van der Waals surface area contributed by atoms with Gasteiger partial charge in [0.15, 0.2) is 5.96 Å². The molecule has 0 aliphatic carbocycles. The molecule has 2 rings (SSSR count). The van der Waals surface area contributed by atoms with Gasteiger partial charge >= 0.3 is 0 Å². The van der Waals surface area contributed by atoms with Crippen molar-refractivity contribution in [3.63, 3.8) is 0 Å². The minimum absolute atomic E-state index is 0. The summed E-state index contributed by atoms with van der Waals surface area (Å²) in [6, 6.07) is 8.26. The summed E-state index contributed by atoms with van der Waals surface area (Å²) >= 11 is 0. The van der Waals surface area contributed by atoms with E-state index in [0.717, 1.165) is 51.0 Å². The highest BCUT2D eigenvalue weighted by Crippen LogP contribution is 2.20. The van der Waals surface area contributed by atoms with Crippen LogP contribution in [0.2, 0.25) is 0 Å². The fourth-order valence-electron chi connectivity index (χ4n) is 2.86. The second-order valence-corrected chi connectivity index (χ2v) is 6.61. The number of hydrogen-bond donors (Lipinski definition) is 1. The lowest BCUT2D eigenvalue weighted by Gasteiger charge is -2.37. The van der Waals surface area contributed by atoms with Crippen molar-refractivity contribution < 1.29 is 9.47 Å². The fourth-order valence-corrected chi connectivity index (χ4v) is 2.86. The van der Waals surface area contributed by atoms with Gasteiger partial charge in [-0.3, -0.25) is 4.99 Å². The van der Waals surface area contributed by atoms with E-state index in [1.807, 2.05) is 19.2 Å². The lowest BCUT2D eigenvalue weighted by molar-refractivity contribution is 0.114. The molecule has 1 aliphatic heterocycles. The van der Waals surface area contributed by atoms with Crippen LogP contribution in [0.3, 0.4) is 0 Å². The Morgan fingerprint density at radius 1 is 1.15 bits per heavy atom. The SMILES string of the molecule is CN=C(NCCOCC(C)C)N1CCN(c2ccc(OC)cc2)CC1.I. The van der Waals surface area contributed by atoms with Crippen LogP contribution in [0.15, 0.2) is 29.3 Å². The van der Waals surface area contributed by atoms with Gasteiger partial charge in [-0.1, -0.05) is 13.8 Å². The minimum atomic E-state index is 0. The number of guanidine groups is 1. The number of benzene rings is 1. The Morgan fingerprint density at radius 3 is 2.35 bits per heavy atom. The molecule has 148 valence electrons. The van der Waals surface area contributed by atoms with Gasteiger partial charge in [-0.05, 0) is 30.2 Å². The van der Waals surface area contributed by atoms with E-state index in [0.29, 0.717) is 12.5 Å². The predicted molar refractivity (Wildman–Crippen MR) is 119 cm³/mol. The molecule has 1 aromatic rings. The summed E-state index contributed by atoms with van der Waals surface area (Å²) in [7, 11) is 3.54. The van der Waals surface area contributed by atoms with Crippen LogP contribution >= 0.6 is 24.0 Å². The number of nitrogens with one attached hydrogen (secondary N) is 1. The number of halogens is 1. The predicted octanol–water partition coefficient (Wildman–Crippen LogP) is 2.68. The van der Waals surface area contributed by atoms with E-state index in [1.165, 1.54) is 5.69 Å². The average molecular weight is 476 g/mol. The number of ether oxygens (including phenoxy) is 2. The highest BCUT2D eigenvalue weighted by molar-refractivity contribution is 14.0. The molecule has 1 aliphatic rings. The van der Waals surface area contributed by atoms with Gasteiger partial charge in [-0.2, -0.15) is 0 Å². The van der Waals surface area contributed by atoms with E-state index < -0.39 is 0 Å². The molecule has 26 heavy (non-hydrogen) atoms. The molecule has 7 heteroatoms. The number of anilines is 1. The Hall–Kier alpha value is -1.22. The van der Waals surface area contributed by atoms with E-state index in [-0.39, 0.29) is 24.0 Å². The molecule has 0 bridgehead atoms. The van der Waals surface area contributed by atoms with Crippen molar-refractivity contribution in [1.29, 1.82) is 0 Å². The Balaban J connectivity index is 0.00000338. The summed E-state index contributed by atoms with van der Waals surface area (Å²) in [6.07, 6.45) is 0. The number of rotatable bonds is 7. The molecule has 1 N–H and O–H groups in total. The Bertz CT molecular complexity index is 529. The fraction of sp³-hybridized carbons (Fsp3) is 0.632. The van der Waals surface area contributed by atoms with Gasteiger partial charge < -0.3 is 24.6 Å². The topological polar surface area (TPSA) is 49.3 Å². The van der Waals surface area contributed by atoms with Crippen LogP contribution in [-0.4, -0.2) is 71.0 Å². The molecule has 6 nitrogen and oxygen atoms in total. The number of piperazine rings is 1.